The Labute approximate surface area is 357 Å². The van der Waals surface area contributed by atoms with Crippen molar-refractivity contribution in [3.63, 3.8) is 0 Å². The Morgan fingerprint density at radius 3 is 2.19 bits per heavy atom. The van der Waals surface area contributed by atoms with E-state index in [1.54, 1.807) is 0 Å². The number of ether oxygens (including phenoxy) is 5. The third kappa shape index (κ3) is 12.2. The largest absolute Gasteiger partial charge is 0.573 e. The highest BCUT2D eigenvalue weighted by atomic mass is 19.4. The van der Waals surface area contributed by atoms with Crippen LogP contribution in [0.4, 0.5) is 23.7 Å². The van der Waals surface area contributed by atoms with Gasteiger partial charge in [-0.3, -0.25) is 19.1 Å². The van der Waals surface area contributed by atoms with Crippen molar-refractivity contribution in [3.05, 3.63) is 87.2 Å². The average molecular weight is 897 g/mol. The lowest BCUT2D eigenvalue weighted by Gasteiger charge is -2.34. The summed E-state index contributed by atoms with van der Waals surface area (Å²) in [6, 6.07) is 11.9. The Bertz CT molecular complexity index is 2090. The molecule has 12 N–H and O–H groups in total. The van der Waals surface area contributed by atoms with Crippen molar-refractivity contribution >= 4 is 17.6 Å². The molecule has 1 aromatic heterocycles. The number of rotatable bonds is 18. The number of hydrogen-bond acceptors (Lipinski definition) is 16. The first-order valence-corrected chi connectivity index (χ1v) is 20.1. The van der Waals surface area contributed by atoms with E-state index in [1.807, 2.05) is 29.2 Å². The van der Waals surface area contributed by atoms with Gasteiger partial charge in [-0.1, -0.05) is 12.1 Å². The Kier molecular flexibility index (Phi) is 15.7. The number of nitrogens with zero attached hydrogens (tertiary/aromatic N) is 2. The van der Waals surface area contributed by atoms with E-state index in [0.29, 0.717) is 31.7 Å². The van der Waals surface area contributed by atoms with Crippen LogP contribution >= 0.6 is 0 Å². The predicted octanol–water partition coefficient (Wildman–Crippen LogP) is -1.77. The molecule has 0 aliphatic carbocycles. The lowest BCUT2D eigenvalue weighted by molar-refractivity contribution is -0.274. The van der Waals surface area contributed by atoms with E-state index < -0.39 is 90.8 Å². The molecular formula is C39H51F3N8O13. The quantitative estimate of drug-likeness (QED) is 0.0632. The summed E-state index contributed by atoms with van der Waals surface area (Å²) in [6.45, 7) is 1.55. The topological polar surface area (TPSA) is 307 Å². The number of aliphatic hydroxyl groups excluding tert-OH is 4. The van der Waals surface area contributed by atoms with Gasteiger partial charge in [-0.2, -0.15) is 0 Å². The van der Waals surface area contributed by atoms with E-state index in [1.165, 1.54) is 24.3 Å². The van der Waals surface area contributed by atoms with Crippen molar-refractivity contribution in [1.29, 1.82) is 0 Å². The summed E-state index contributed by atoms with van der Waals surface area (Å²) in [5, 5.41) is 51.4. The predicted molar refractivity (Wildman–Crippen MR) is 213 cm³/mol. The lowest BCUT2D eigenvalue weighted by atomic mass is 9.98. The monoisotopic (exact) mass is 896 g/mol. The minimum Gasteiger partial charge on any atom is -0.490 e. The lowest BCUT2D eigenvalue weighted by Crippen LogP contribution is -2.59. The van der Waals surface area contributed by atoms with Crippen LogP contribution < -0.4 is 53.0 Å². The van der Waals surface area contributed by atoms with Crippen LogP contribution in [0, 0.1) is 0 Å². The summed E-state index contributed by atoms with van der Waals surface area (Å²) in [7, 11) is 0. The molecular weight excluding hydrogens is 845 g/mol. The van der Waals surface area contributed by atoms with Crippen LogP contribution in [-0.2, 0) is 25.5 Å². The highest BCUT2D eigenvalue weighted by molar-refractivity contribution is 5.80. The molecule has 3 saturated heterocycles. The smallest absolute Gasteiger partial charge is 0.490 e. The molecule has 10 unspecified atom stereocenters. The molecule has 0 saturated carbocycles. The van der Waals surface area contributed by atoms with Crippen LogP contribution in [0.1, 0.15) is 31.1 Å². The van der Waals surface area contributed by atoms with Crippen molar-refractivity contribution < 1.29 is 66.9 Å². The number of piperidine rings is 1. The maximum atomic E-state index is 12.9. The van der Waals surface area contributed by atoms with Gasteiger partial charge in [-0.25, -0.2) is 9.59 Å². The third-order valence-electron chi connectivity index (χ3n) is 10.8. The van der Waals surface area contributed by atoms with Gasteiger partial charge < -0.3 is 76.4 Å². The number of anilines is 1. The van der Waals surface area contributed by atoms with Crippen LogP contribution in [0.2, 0.25) is 0 Å². The molecule has 2 aromatic carbocycles. The zero-order chi connectivity index (χ0) is 45.4. The number of aromatic nitrogens is 2. The number of nitrogens with two attached hydrogens (primary N) is 2. The molecule has 3 aliphatic heterocycles. The van der Waals surface area contributed by atoms with Gasteiger partial charge in [0.05, 0.1) is 0 Å². The maximum absolute atomic E-state index is 12.9. The number of aromatic amines is 1. The van der Waals surface area contributed by atoms with Crippen LogP contribution in [0.5, 0.6) is 11.5 Å². The van der Waals surface area contributed by atoms with Crippen LogP contribution in [0.3, 0.4) is 0 Å². The molecule has 346 valence electrons. The van der Waals surface area contributed by atoms with Gasteiger partial charge >= 0.3 is 18.1 Å². The number of benzene rings is 2. The fourth-order valence-electron chi connectivity index (χ4n) is 7.48. The van der Waals surface area contributed by atoms with E-state index in [-0.39, 0.29) is 44.5 Å². The summed E-state index contributed by atoms with van der Waals surface area (Å²) in [6.07, 6.45) is -16.4. The van der Waals surface area contributed by atoms with Gasteiger partial charge in [-0.05, 0) is 54.9 Å². The first kappa shape index (κ1) is 47.2. The van der Waals surface area contributed by atoms with E-state index in [9.17, 15) is 52.8 Å². The number of H-pyrrole nitrogens is 1. The Morgan fingerprint density at radius 2 is 1.57 bits per heavy atom. The van der Waals surface area contributed by atoms with Gasteiger partial charge in [-0.15, -0.1) is 13.2 Å². The fraction of sp³-hybridized carbons (Fsp3) is 0.538. The standard InChI is InChI=1S/C39H51F3N8O13/c40-39(41,42)63-24-8-6-22(7-9-24)59-23-10-15-49(16-11-23)21-4-2-20(3-5-21)19-47-37(57)46-14-1-13-45-27(34(44)56)32(62-36-31(55)28(52)25(18-43)60-36)33-29(53)30(54)35(61-33)50-17-12-26(51)48-38(50)58/h2-9,12,17,23,25,27-33,35-36,45,52-55H,1,10-11,13-16,18-19,43H2,(H2,44,56)(H2,46,47,57)(H,48,51,58). The molecule has 10 atom stereocenters. The third-order valence-corrected chi connectivity index (χ3v) is 10.8. The van der Waals surface area contributed by atoms with Gasteiger partial charge in [0, 0.05) is 63.5 Å². The number of carbonyl (C=O) groups excluding carboxylic acids is 2. The number of carbonyl (C=O) groups is 2. The zero-order valence-corrected chi connectivity index (χ0v) is 33.6. The molecule has 3 fully saturated rings. The first-order chi connectivity index (χ1) is 30.0. The molecule has 3 aliphatic rings. The number of nitrogens with one attached hydrogen (secondary N) is 4. The van der Waals surface area contributed by atoms with E-state index in [0.717, 1.165) is 28.1 Å². The number of hydrogen-bond donors (Lipinski definition) is 10. The van der Waals surface area contributed by atoms with Crippen molar-refractivity contribution in [1.82, 2.24) is 25.5 Å². The van der Waals surface area contributed by atoms with Crippen LogP contribution in [0.15, 0.2) is 70.4 Å². The highest BCUT2D eigenvalue weighted by Crippen LogP contribution is 2.34. The van der Waals surface area contributed by atoms with Crippen molar-refractivity contribution in [2.75, 3.05) is 37.6 Å². The van der Waals surface area contributed by atoms with Crippen LogP contribution in [0.25, 0.3) is 0 Å². The summed E-state index contributed by atoms with van der Waals surface area (Å²) in [5.41, 5.74) is 11.5. The first-order valence-electron chi connectivity index (χ1n) is 20.1. The Morgan fingerprint density at radius 1 is 0.889 bits per heavy atom. The highest BCUT2D eigenvalue weighted by Gasteiger charge is 2.53. The Balaban J connectivity index is 0.959. The van der Waals surface area contributed by atoms with Gasteiger partial charge in [0.15, 0.2) is 12.5 Å². The SMILES string of the molecule is NCC1OC(OC(C(NCCCNC(=O)NCc2ccc(N3CCC(Oc4ccc(OC(F)(F)F)cc4)CC3)cc2)C(N)=O)C2OC(n3ccc(=O)[nH]c3=O)C(O)C2O)C(O)C1O. The molecule has 6 rings (SSSR count). The minimum absolute atomic E-state index is 0.0305. The molecule has 3 aromatic rings. The maximum Gasteiger partial charge on any atom is 0.573 e. The average Bonchev–Trinajstić information content (AvgIpc) is 3.69. The van der Waals surface area contributed by atoms with E-state index >= 15 is 0 Å². The number of halogens is 3. The second kappa shape index (κ2) is 20.9. The summed E-state index contributed by atoms with van der Waals surface area (Å²) in [5.74, 6) is -0.884. The zero-order valence-electron chi connectivity index (χ0n) is 33.6. The number of urea groups is 1. The van der Waals surface area contributed by atoms with Crippen molar-refractivity contribution in [2.24, 2.45) is 11.5 Å². The van der Waals surface area contributed by atoms with Gasteiger partial charge in [0.2, 0.25) is 5.91 Å². The van der Waals surface area contributed by atoms with Crippen molar-refractivity contribution in [2.45, 2.75) is 99.6 Å². The number of primary amides is 1. The Hall–Kier alpha value is -5.31. The van der Waals surface area contributed by atoms with E-state index in [2.05, 4.69) is 25.6 Å². The molecule has 4 heterocycles. The molecule has 3 amide bonds. The molecule has 63 heavy (non-hydrogen) atoms. The number of amides is 3. The number of aliphatic hydroxyl groups is 4. The van der Waals surface area contributed by atoms with Gasteiger partial charge in [0.1, 0.15) is 66.4 Å². The summed E-state index contributed by atoms with van der Waals surface area (Å²) < 4.78 is 65.3. The second-order valence-electron chi connectivity index (χ2n) is 15.1. The van der Waals surface area contributed by atoms with E-state index in [4.69, 9.17) is 30.4 Å². The van der Waals surface area contributed by atoms with Crippen LogP contribution in [-0.4, -0.2) is 142 Å². The second-order valence-corrected chi connectivity index (χ2v) is 15.1. The fourth-order valence-corrected chi connectivity index (χ4v) is 7.48. The summed E-state index contributed by atoms with van der Waals surface area (Å²) >= 11 is 0. The number of alkyl halides is 3. The van der Waals surface area contributed by atoms with Crippen molar-refractivity contribution in [3.8, 4) is 11.5 Å². The molecule has 0 radical (unpaired) electrons. The summed E-state index contributed by atoms with van der Waals surface area (Å²) in [4.78, 5) is 53.8. The minimum atomic E-state index is -4.77. The molecule has 24 heteroatoms. The van der Waals surface area contributed by atoms with Gasteiger partial charge in [0.25, 0.3) is 5.56 Å². The molecule has 0 bridgehead atoms. The molecule has 21 nitrogen and oxygen atoms in total. The molecule has 0 spiro atoms. The normalized spacial score (nSPS) is 26.3.